The van der Waals surface area contributed by atoms with Crippen LogP contribution in [-0.2, 0) is 6.54 Å². The SMILES string of the molecule is O=c1c2cc(Br)ccc2ncn1Cc1nc(-c2ccc(F)cc2)no1. The second-order valence-electron chi connectivity index (χ2n) is 5.36. The fourth-order valence-electron chi connectivity index (χ4n) is 2.42. The molecule has 0 N–H and O–H groups in total. The van der Waals surface area contributed by atoms with Gasteiger partial charge in [-0.05, 0) is 42.5 Å². The molecule has 0 saturated carbocycles. The molecule has 8 heteroatoms. The Morgan fingerprint density at radius 3 is 2.76 bits per heavy atom. The monoisotopic (exact) mass is 400 g/mol. The highest BCUT2D eigenvalue weighted by Gasteiger charge is 2.11. The van der Waals surface area contributed by atoms with Crippen LogP contribution in [0.1, 0.15) is 5.89 Å². The van der Waals surface area contributed by atoms with Crippen LogP contribution in [-0.4, -0.2) is 19.7 Å². The molecule has 4 rings (SSSR count). The minimum Gasteiger partial charge on any atom is -0.337 e. The van der Waals surface area contributed by atoms with E-state index in [2.05, 4.69) is 31.1 Å². The smallest absolute Gasteiger partial charge is 0.261 e. The molecule has 0 fully saturated rings. The number of benzene rings is 2. The molecule has 0 aliphatic carbocycles. The van der Waals surface area contributed by atoms with Crippen molar-refractivity contribution in [2.45, 2.75) is 6.54 Å². The van der Waals surface area contributed by atoms with Gasteiger partial charge in [0.05, 0.1) is 17.2 Å². The summed E-state index contributed by atoms with van der Waals surface area (Å²) >= 11 is 3.35. The maximum absolute atomic E-state index is 13.0. The van der Waals surface area contributed by atoms with E-state index in [1.54, 1.807) is 24.3 Å². The number of nitrogens with zero attached hydrogens (tertiary/aromatic N) is 4. The zero-order chi connectivity index (χ0) is 17.4. The quantitative estimate of drug-likeness (QED) is 0.526. The number of hydrogen-bond acceptors (Lipinski definition) is 5. The normalized spacial score (nSPS) is 11.1. The first-order valence-electron chi connectivity index (χ1n) is 7.33. The first-order chi connectivity index (χ1) is 12.1. The van der Waals surface area contributed by atoms with Gasteiger partial charge in [0.2, 0.25) is 11.7 Å². The Hall–Kier alpha value is -2.87. The predicted octanol–water partition coefficient (Wildman–Crippen LogP) is 3.40. The summed E-state index contributed by atoms with van der Waals surface area (Å²) < 4.78 is 20.4. The molecule has 0 radical (unpaired) electrons. The van der Waals surface area contributed by atoms with Crippen molar-refractivity contribution < 1.29 is 8.91 Å². The molecule has 0 saturated heterocycles. The van der Waals surface area contributed by atoms with Gasteiger partial charge in [-0.15, -0.1) is 0 Å². The molecular weight excluding hydrogens is 391 g/mol. The number of aromatic nitrogens is 4. The number of hydrogen-bond donors (Lipinski definition) is 0. The van der Waals surface area contributed by atoms with Gasteiger partial charge in [-0.3, -0.25) is 9.36 Å². The molecule has 0 bridgehead atoms. The minimum absolute atomic E-state index is 0.0997. The van der Waals surface area contributed by atoms with E-state index in [0.717, 1.165) is 4.47 Å². The van der Waals surface area contributed by atoms with Crippen molar-refractivity contribution >= 4 is 26.8 Å². The molecular formula is C17H10BrFN4O2. The van der Waals surface area contributed by atoms with E-state index in [9.17, 15) is 9.18 Å². The summed E-state index contributed by atoms with van der Waals surface area (Å²) in [6.45, 7) is 0.0997. The van der Waals surface area contributed by atoms with Crippen LogP contribution in [0.5, 0.6) is 0 Å². The highest BCUT2D eigenvalue weighted by molar-refractivity contribution is 9.10. The van der Waals surface area contributed by atoms with Crippen LogP contribution in [0.4, 0.5) is 4.39 Å². The summed E-state index contributed by atoms with van der Waals surface area (Å²) in [7, 11) is 0. The zero-order valence-electron chi connectivity index (χ0n) is 12.7. The van der Waals surface area contributed by atoms with Crippen LogP contribution in [0.2, 0.25) is 0 Å². The Bertz CT molecular complexity index is 1120. The minimum atomic E-state index is -0.340. The summed E-state index contributed by atoms with van der Waals surface area (Å²) in [4.78, 5) is 21.1. The lowest BCUT2D eigenvalue weighted by Gasteiger charge is -2.03. The van der Waals surface area contributed by atoms with Crippen LogP contribution in [0.25, 0.3) is 22.3 Å². The third-order valence-corrected chi connectivity index (χ3v) is 4.16. The molecule has 6 nitrogen and oxygen atoms in total. The lowest BCUT2D eigenvalue weighted by Crippen LogP contribution is -2.21. The fraction of sp³-hybridized carbons (Fsp3) is 0.0588. The zero-order valence-corrected chi connectivity index (χ0v) is 14.3. The van der Waals surface area contributed by atoms with Gasteiger partial charge < -0.3 is 4.52 Å². The van der Waals surface area contributed by atoms with Crippen molar-refractivity contribution in [3.05, 3.63) is 75.3 Å². The van der Waals surface area contributed by atoms with Gasteiger partial charge in [-0.2, -0.15) is 4.98 Å². The molecule has 0 atom stereocenters. The van der Waals surface area contributed by atoms with Crippen molar-refractivity contribution in [3.63, 3.8) is 0 Å². The number of fused-ring (bicyclic) bond motifs is 1. The average molecular weight is 401 g/mol. The molecule has 2 aromatic heterocycles. The van der Waals surface area contributed by atoms with E-state index < -0.39 is 0 Å². The molecule has 124 valence electrons. The van der Waals surface area contributed by atoms with E-state index >= 15 is 0 Å². The largest absolute Gasteiger partial charge is 0.337 e. The average Bonchev–Trinajstić information content (AvgIpc) is 3.07. The number of rotatable bonds is 3. The Labute approximate surface area is 149 Å². The lowest BCUT2D eigenvalue weighted by atomic mass is 10.2. The Morgan fingerprint density at radius 2 is 1.96 bits per heavy atom. The summed E-state index contributed by atoms with van der Waals surface area (Å²) in [6.07, 6.45) is 1.44. The van der Waals surface area contributed by atoms with Crippen molar-refractivity contribution in [1.29, 1.82) is 0 Å². The van der Waals surface area contributed by atoms with Gasteiger partial charge >= 0.3 is 0 Å². The first kappa shape index (κ1) is 15.6. The van der Waals surface area contributed by atoms with Gasteiger partial charge in [0, 0.05) is 10.0 Å². The van der Waals surface area contributed by atoms with Gasteiger partial charge in [-0.1, -0.05) is 21.1 Å². The standard InChI is InChI=1S/C17H10BrFN4O2/c18-11-3-6-14-13(7-11)17(24)23(9-20-14)8-15-21-16(22-25-15)10-1-4-12(19)5-2-10/h1-7,9H,8H2. The molecule has 0 aliphatic rings. The van der Waals surface area contributed by atoms with Gasteiger partial charge in [-0.25, -0.2) is 9.37 Å². The molecule has 2 heterocycles. The number of halogens is 2. The van der Waals surface area contributed by atoms with Gasteiger partial charge in [0.25, 0.3) is 5.56 Å². The van der Waals surface area contributed by atoms with Crippen molar-refractivity contribution in [1.82, 2.24) is 19.7 Å². The summed E-state index contributed by atoms with van der Waals surface area (Å²) in [5.74, 6) is 0.254. The molecule has 0 amide bonds. The van der Waals surface area contributed by atoms with Crippen molar-refractivity contribution in [2.75, 3.05) is 0 Å². The van der Waals surface area contributed by atoms with E-state index in [-0.39, 0.29) is 23.8 Å². The van der Waals surface area contributed by atoms with Crippen molar-refractivity contribution in [2.24, 2.45) is 0 Å². The second-order valence-corrected chi connectivity index (χ2v) is 6.27. The highest BCUT2D eigenvalue weighted by atomic mass is 79.9. The third kappa shape index (κ3) is 3.08. The maximum atomic E-state index is 13.0. The Morgan fingerprint density at radius 1 is 1.16 bits per heavy atom. The topological polar surface area (TPSA) is 73.8 Å². The van der Waals surface area contributed by atoms with Gasteiger partial charge in [0.1, 0.15) is 12.4 Å². The lowest BCUT2D eigenvalue weighted by molar-refractivity contribution is 0.369. The van der Waals surface area contributed by atoms with E-state index in [4.69, 9.17) is 4.52 Å². The van der Waals surface area contributed by atoms with E-state index in [0.29, 0.717) is 22.3 Å². The van der Waals surface area contributed by atoms with E-state index in [1.165, 1.54) is 23.0 Å². The Balaban J connectivity index is 1.67. The summed E-state index contributed by atoms with van der Waals surface area (Å²) in [5, 5.41) is 4.36. The van der Waals surface area contributed by atoms with Crippen LogP contribution in [0.3, 0.4) is 0 Å². The molecule has 0 spiro atoms. The van der Waals surface area contributed by atoms with Crippen LogP contribution in [0, 0.1) is 5.82 Å². The van der Waals surface area contributed by atoms with Crippen LogP contribution >= 0.6 is 15.9 Å². The molecule has 4 aromatic rings. The first-order valence-corrected chi connectivity index (χ1v) is 8.13. The van der Waals surface area contributed by atoms with Crippen LogP contribution < -0.4 is 5.56 Å². The summed E-state index contributed by atoms with van der Waals surface area (Å²) in [6, 6.07) is 11.1. The Kier molecular flexibility index (Phi) is 3.89. The fourth-order valence-corrected chi connectivity index (χ4v) is 2.79. The third-order valence-electron chi connectivity index (χ3n) is 3.66. The maximum Gasteiger partial charge on any atom is 0.261 e. The predicted molar refractivity (Wildman–Crippen MR) is 92.5 cm³/mol. The van der Waals surface area contributed by atoms with E-state index in [1.807, 2.05) is 6.07 Å². The van der Waals surface area contributed by atoms with Crippen molar-refractivity contribution in [3.8, 4) is 11.4 Å². The molecule has 0 aliphatic heterocycles. The highest BCUT2D eigenvalue weighted by Crippen LogP contribution is 2.17. The molecule has 2 aromatic carbocycles. The second kappa shape index (κ2) is 6.21. The summed E-state index contributed by atoms with van der Waals surface area (Å²) in [5.41, 5.74) is 1.04. The molecule has 0 unspecified atom stereocenters. The van der Waals surface area contributed by atoms with Crippen LogP contribution in [0.15, 0.2) is 62.6 Å². The molecule has 25 heavy (non-hydrogen) atoms. The van der Waals surface area contributed by atoms with Gasteiger partial charge in [0.15, 0.2) is 0 Å².